The maximum absolute atomic E-state index is 13.6. The van der Waals surface area contributed by atoms with E-state index in [-0.39, 0.29) is 59.0 Å². The van der Waals surface area contributed by atoms with Gasteiger partial charge in [-0.3, -0.25) is 9.10 Å². The highest BCUT2D eigenvalue weighted by molar-refractivity contribution is 7.93. The first-order valence-corrected chi connectivity index (χ1v) is 14.8. The lowest BCUT2D eigenvalue weighted by atomic mass is 10.2. The number of amides is 1. The lowest BCUT2D eigenvalue weighted by molar-refractivity contribution is -0.114. The predicted octanol–water partition coefficient (Wildman–Crippen LogP) is 2.56. The van der Waals surface area contributed by atoms with Crippen LogP contribution in [0.2, 0.25) is 0 Å². The van der Waals surface area contributed by atoms with Gasteiger partial charge in [-0.05, 0) is 42.5 Å². The smallest absolute Gasteiger partial charge is 0.264 e. The number of nitrogens with zero attached hydrogens (tertiary/aromatic N) is 2. The molecule has 1 fully saturated rings. The summed E-state index contributed by atoms with van der Waals surface area (Å²) < 4.78 is 71.8. The van der Waals surface area contributed by atoms with Crippen molar-refractivity contribution in [2.24, 2.45) is 0 Å². The van der Waals surface area contributed by atoms with Gasteiger partial charge in [-0.1, -0.05) is 30.3 Å². The summed E-state index contributed by atoms with van der Waals surface area (Å²) in [5.41, 5.74) is 0.239. The van der Waals surface area contributed by atoms with E-state index in [2.05, 4.69) is 5.32 Å². The molecule has 0 spiro atoms. The molecule has 1 heterocycles. The zero-order valence-corrected chi connectivity index (χ0v) is 23.1. The maximum Gasteiger partial charge on any atom is 0.264 e. The van der Waals surface area contributed by atoms with Crippen LogP contribution >= 0.6 is 0 Å². The molecule has 1 N–H and O–H groups in total. The van der Waals surface area contributed by atoms with Gasteiger partial charge in [-0.15, -0.1) is 0 Å². The van der Waals surface area contributed by atoms with E-state index < -0.39 is 32.5 Å². The molecule has 0 bridgehead atoms. The Balaban J connectivity index is 1.67. The van der Waals surface area contributed by atoms with E-state index in [0.29, 0.717) is 0 Å². The number of nitrogens with one attached hydrogen (secondary N) is 1. The number of carbonyl (C=O) groups is 1. The van der Waals surface area contributed by atoms with Crippen LogP contribution in [0.1, 0.15) is 0 Å². The summed E-state index contributed by atoms with van der Waals surface area (Å²) in [6.45, 7) is 0.366. The predicted molar refractivity (Wildman–Crippen MR) is 145 cm³/mol. The number of carbonyl (C=O) groups excluding carboxylic acids is 1. The molecule has 0 unspecified atom stereocenters. The molecule has 0 radical (unpaired) electrons. The molecular formula is C26H29N3O8S2. The fourth-order valence-corrected chi connectivity index (χ4v) is 6.94. The normalized spacial score (nSPS) is 14.4. The summed E-state index contributed by atoms with van der Waals surface area (Å²) in [5.74, 6) is -0.264. The highest BCUT2D eigenvalue weighted by Gasteiger charge is 2.30. The van der Waals surface area contributed by atoms with Crippen LogP contribution in [-0.4, -0.2) is 74.1 Å². The Morgan fingerprint density at radius 1 is 0.872 bits per heavy atom. The number of para-hydroxylation sites is 2. The monoisotopic (exact) mass is 575 g/mol. The molecule has 0 aliphatic carbocycles. The van der Waals surface area contributed by atoms with Crippen molar-refractivity contribution in [2.75, 3.05) is 56.7 Å². The number of methoxy groups -OCH3 is 2. The summed E-state index contributed by atoms with van der Waals surface area (Å²) in [5, 5.41) is 2.62. The standard InChI is InChI=1S/C26H29N3O8S2/c1-35-24-13-12-21(38(31,32)28-14-16-37-17-15-28)18-22(24)27-26(30)19-29(23-10-6-7-11-25(23)36-2)39(33,34)20-8-4-3-5-9-20/h3-13,18H,14-17,19H2,1-2H3,(H,27,30). The first-order valence-electron chi connectivity index (χ1n) is 11.9. The van der Waals surface area contributed by atoms with Crippen molar-refractivity contribution in [3.8, 4) is 11.5 Å². The average Bonchev–Trinajstić information content (AvgIpc) is 2.96. The third kappa shape index (κ3) is 6.17. The fraction of sp³-hybridized carbons (Fsp3) is 0.269. The van der Waals surface area contributed by atoms with Crippen molar-refractivity contribution in [1.82, 2.24) is 4.31 Å². The number of hydrogen-bond acceptors (Lipinski definition) is 8. The lowest BCUT2D eigenvalue weighted by Gasteiger charge is -2.27. The second kappa shape index (κ2) is 12.0. The zero-order valence-electron chi connectivity index (χ0n) is 21.4. The second-order valence-electron chi connectivity index (χ2n) is 8.42. The Bertz CT molecular complexity index is 1520. The number of hydrogen-bond donors (Lipinski definition) is 1. The Kier molecular flexibility index (Phi) is 8.75. The molecule has 0 aromatic heterocycles. The third-order valence-corrected chi connectivity index (χ3v) is 9.69. The number of anilines is 2. The van der Waals surface area contributed by atoms with Gasteiger partial charge < -0.3 is 19.5 Å². The summed E-state index contributed by atoms with van der Waals surface area (Å²) in [7, 11) is -5.27. The van der Waals surface area contributed by atoms with Gasteiger partial charge in [0.25, 0.3) is 10.0 Å². The van der Waals surface area contributed by atoms with E-state index in [1.54, 1.807) is 36.4 Å². The highest BCUT2D eigenvalue weighted by Crippen LogP contribution is 2.33. The number of morpholine rings is 1. The molecule has 1 saturated heterocycles. The molecule has 4 rings (SSSR count). The topological polar surface area (TPSA) is 132 Å². The molecule has 11 nitrogen and oxygen atoms in total. The van der Waals surface area contributed by atoms with Crippen molar-refractivity contribution < 1.29 is 35.8 Å². The largest absolute Gasteiger partial charge is 0.495 e. The van der Waals surface area contributed by atoms with E-state index in [1.807, 2.05) is 0 Å². The summed E-state index contributed by atoms with van der Waals surface area (Å²) >= 11 is 0. The second-order valence-corrected chi connectivity index (χ2v) is 12.2. The first-order chi connectivity index (χ1) is 18.7. The molecule has 1 aliphatic rings. The van der Waals surface area contributed by atoms with E-state index >= 15 is 0 Å². The van der Waals surface area contributed by atoms with E-state index in [4.69, 9.17) is 14.2 Å². The van der Waals surface area contributed by atoms with Crippen LogP contribution in [0, 0.1) is 0 Å². The van der Waals surface area contributed by atoms with Crippen molar-refractivity contribution in [3.63, 3.8) is 0 Å². The van der Waals surface area contributed by atoms with Gasteiger partial charge in [-0.2, -0.15) is 4.31 Å². The molecule has 208 valence electrons. The molecule has 3 aromatic carbocycles. The maximum atomic E-state index is 13.6. The van der Waals surface area contributed by atoms with Gasteiger partial charge in [0, 0.05) is 13.1 Å². The number of rotatable bonds is 10. The zero-order chi connectivity index (χ0) is 28.0. The Morgan fingerprint density at radius 3 is 2.18 bits per heavy atom. The van der Waals surface area contributed by atoms with Crippen molar-refractivity contribution in [2.45, 2.75) is 9.79 Å². The van der Waals surface area contributed by atoms with Gasteiger partial charge >= 0.3 is 0 Å². The van der Waals surface area contributed by atoms with E-state index in [9.17, 15) is 21.6 Å². The SMILES string of the molecule is COc1ccc(S(=O)(=O)N2CCOCC2)cc1NC(=O)CN(c1ccccc1OC)S(=O)(=O)c1ccccc1. The van der Waals surface area contributed by atoms with Gasteiger partial charge in [-0.25, -0.2) is 16.8 Å². The Labute approximate surface area is 228 Å². The Morgan fingerprint density at radius 2 is 1.51 bits per heavy atom. The number of benzene rings is 3. The summed E-state index contributed by atoms with van der Waals surface area (Å²) in [4.78, 5) is 13.3. The summed E-state index contributed by atoms with van der Waals surface area (Å²) in [6, 6.07) is 18.3. The van der Waals surface area contributed by atoms with Crippen LogP contribution in [0.15, 0.2) is 82.6 Å². The van der Waals surface area contributed by atoms with Crippen molar-refractivity contribution >= 4 is 37.3 Å². The van der Waals surface area contributed by atoms with Crippen LogP contribution in [0.5, 0.6) is 11.5 Å². The molecule has 0 atom stereocenters. The van der Waals surface area contributed by atoms with Crippen LogP contribution in [0.3, 0.4) is 0 Å². The van der Waals surface area contributed by atoms with Crippen molar-refractivity contribution in [3.05, 3.63) is 72.8 Å². The molecule has 13 heteroatoms. The highest BCUT2D eigenvalue weighted by atomic mass is 32.2. The van der Waals surface area contributed by atoms with Crippen LogP contribution < -0.4 is 19.1 Å². The van der Waals surface area contributed by atoms with Gasteiger partial charge in [0.05, 0.1) is 48.6 Å². The molecule has 1 aliphatic heterocycles. The summed E-state index contributed by atoms with van der Waals surface area (Å²) in [6.07, 6.45) is 0. The minimum Gasteiger partial charge on any atom is -0.495 e. The minimum atomic E-state index is -4.19. The van der Waals surface area contributed by atoms with Crippen LogP contribution in [-0.2, 0) is 29.6 Å². The van der Waals surface area contributed by atoms with Crippen LogP contribution in [0.25, 0.3) is 0 Å². The molecule has 0 saturated carbocycles. The van der Waals surface area contributed by atoms with Gasteiger partial charge in [0.15, 0.2) is 0 Å². The fourth-order valence-electron chi connectivity index (χ4n) is 4.06. The van der Waals surface area contributed by atoms with E-state index in [0.717, 1.165) is 4.31 Å². The number of ether oxygens (including phenoxy) is 3. The quantitative estimate of drug-likeness (QED) is 0.390. The number of sulfonamides is 2. The van der Waals surface area contributed by atoms with E-state index in [1.165, 1.54) is 54.9 Å². The first kappa shape index (κ1) is 28.4. The molecule has 1 amide bonds. The molecule has 3 aromatic rings. The lowest BCUT2D eigenvalue weighted by Crippen LogP contribution is -2.40. The average molecular weight is 576 g/mol. The molecular weight excluding hydrogens is 546 g/mol. The third-order valence-electron chi connectivity index (χ3n) is 6.03. The minimum absolute atomic E-state index is 0.0140. The Hall–Kier alpha value is -3.65. The van der Waals surface area contributed by atoms with Gasteiger partial charge in [0.1, 0.15) is 18.0 Å². The molecule has 39 heavy (non-hydrogen) atoms. The van der Waals surface area contributed by atoms with Crippen molar-refractivity contribution in [1.29, 1.82) is 0 Å². The van der Waals surface area contributed by atoms with Crippen LogP contribution in [0.4, 0.5) is 11.4 Å². The van der Waals surface area contributed by atoms with Gasteiger partial charge in [0.2, 0.25) is 15.9 Å².